The maximum absolute atomic E-state index is 10.2. The molecule has 40 heavy (non-hydrogen) atoms. The van der Waals surface area contributed by atoms with E-state index in [1.807, 2.05) is 0 Å². The Labute approximate surface area is 413 Å². The van der Waals surface area contributed by atoms with Crippen LogP contribution in [-0.2, 0) is 0 Å². The molecular weight excluding hydrogens is 580 g/mol. The summed E-state index contributed by atoms with van der Waals surface area (Å²) in [5, 5.41) is 0. The van der Waals surface area contributed by atoms with Crippen LogP contribution >= 0.6 is 0 Å². The summed E-state index contributed by atoms with van der Waals surface area (Å²) in [6, 6.07) is 0. The molecule has 0 saturated heterocycles. The van der Waals surface area contributed by atoms with Crippen molar-refractivity contribution in [1.29, 1.82) is 0 Å². The van der Waals surface area contributed by atoms with Crippen molar-refractivity contribution < 1.29 is 375 Å². The van der Waals surface area contributed by atoms with Gasteiger partial charge in [0.15, 0.2) is 0 Å². The van der Waals surface area contributed by atoms with Gasteiger partial charge in [0.05, 0.1) is 0 Å². The third-order valence-corrected chi connectivity index (χ3v) is 0. The summed E-state index contributed by atoms with van der Waals surface area (Å²) in [5.41, 5.74) is 0. The molecule has 0 unspecified atom stereocenters. The molecule has 0 heterocycles. The molecule has 0 fully saturated rings. The Bertz CT molecular complexity index is 220. The fraction of sp³-hybridized carbons (Fsp3) is 0. The van der Waals surface area contributed by atoms with Crippen molar-refractivity contribution in [3.63, 3.8) is 0 Å². The zero-order chi connectivity index (χ0) is 22.5. The van der Waals surface area contributed by atoms with Gasteiger partial charge in [-0.25, -0.2) is 0 Å². The van der Waals surface area contributed by atoms with E-state index in [-0.39, 0.29) is 283 Å². The predicted octanol–water partition coefficient (Wildman–Crippen LogP) is -62.6. The first-order valence-electron chi connectivity index (χ1n) is 4.01. The largest absolute Gasteiger partial charge is 1.00 e. The van der Waals surface area contributed by atoms with Gasteiger partial charge in [-0.05, 0) is 0 Å². The molecule has 0 aromatic carbocycles. The van der Waals surface area contributed by atoms with Crippen LogP contribution in [0.25, 0.3) is 0 Å². The van der Waals surface area contributed by atoms with Gasteiger partial charge in [-0.3, -0.25) is 0 Å². The van der Waals surface area contributed by atoms with E-state index < -0.39 is 45.7 Å². The van der Waals surface area contributed by atoms with E-state index in [1.165, 1.54) is 0 Å². The van der Waals surface area contributed by atoms with Gasteiger partial charge in [0.2, 0.25) is 0 Å². The zero-order valence-electron chi connectivity index (χ0n) is 25.5. The van der Waals surface area contributed by atoms with E-state index in [0.29, 0.717) is 0 Å². The second-order valence-corrected chi connectivity index (χ2v) is 7.22. The van der Waals surface area contributed by atoms with Crippen LogP contribution in [0.2, 0.25) is 0 Å². The Balaban J connectivity index is -0.00000000635. The molecule has 0 radical (unpaired) electrons. The monoisotopic (exact) mass is 580 g/mol. The van der Waals surface area contributed by atoms with E-state index in [9.17, 15) is 20.5 Å². The molecule has 0 bridgehead atoms. The van der Waals surface area contributed by atoms with Gasteiger partial charge in [0.25, 0.3) is 0 Å². The molecule has 0 aromatic heterocycles. The molecule has 0 aromatic rings. The molecular formula is F5Li15O15Si5. The van der Waals surface area contributed by atoms with Crippen LogP contribution in [0.3, 0.4) is 0 Å². The fourth-order valence-electron chi connectivity index (χ4n) is 0. The van der Waals surface area contributed by atoms with Crippen LogP contribution in [0.5, 0.6) is 0 Å². The summed E-state index contributed by atoms with van der Waals surface area (Å²) >= 11 is 0. The van der Waals surface area contributed by atoms with Crippen molar-refractivity contribution >= 4 is 45.7 Å². The summed E-state index contributed by atoms with van der Waals surface area (Å²) < 4.78 is 50.8. The first-order chi connectivity index (χ1) is 10.0. The third-order valence-electron chi connectivity index (χ3n) is 0. The summed E-state index contributed by atoms with van der Waals surface area (Å²) in [4.78, 5) is 127. The van der Waals surface area contributed by atoms with Crippen molar-refractivity contribution in [1.82, 2.24) is 0 Å². The van der Waals surface area contributed by atoms with E-state index in [1.54, 1.807) is 0 Å². The fourth-order valence-corrected chi connectivity index (χ4v) is 0. The average molecular weight is 580 g/mol. The molecule has 0 spiro atoms. The van der Waals surface area contributed by atoms with Crippen molar-refractivity contribution in [2.45, 2.75) is 0 Å². The summed E-state index contributed by atoms with van der Waals surface area (Å²) in [5.74, 6) is 0. The molecule has 0 amide bonds. The number of hydrogen-bond acceptors (Lipinski definition) is 15. The maximum atomic E-state index is 10.2. The van der Waals surface area contributed by atoms with E-state index in [0.717, 1.165) is 0 Å². The van der Waals surface area contributed by atoms with E-state index >= 15 is 0 Å². The first-order valence-corrected chi connectivity index (χ1v) is 12.0. The average Bonchev–Trinajstić information content (AvgIpc) is 1.79. The molecule has 0 N–H and O–H groups in total. The Morgan fingerprint density at radius 2 is 0.175 bits per heavy atom. The molecule has 0 atom stereocenters. The number of halogens is 5. The van der Waals surface area contributed by atoms with Crippen LogP contribution in [0.4, 0.5) is 20.5 Å². The Morgan fingerprint density at radius 1 is 0.175 bits per heavy atom. The van der Waals surface area contributed by atoms with Crippen LogP contribution in [0, 0.1) is 0 Å². The molecule has 15 nitrogen and oxygen atoms in total. The molecule has 0 aliphatic rings. The topological polar surface area (TPSA) is 346 Å². The number of rotatable bonds is 0. The van der Waals surface area contributed by atoms with Gasteiger partial charge >= 0.3 is 283 Å². The van der Waals surface area contributed by atoms with Crippen LogP contribution < -0.4 is 355 Å². The molecule has 40 heteroatoms. The predicted molar refractivity (Wildman–Crippen MR) is 34.3 cm³/mol. The zero-order valence-corrected chi connectivity index (χ0v) is 30.5. The van der Waals surface area contributed by atoms with Gasteiger partial charge < -0.3 is 92.5 Å². The summed E-state index contributed by atoms with van der Waals surface area (Å²) in [6.07, 6.45) is 0. The SMILES string of the molecule is [Li+].[Li+].[Li+].[Li+].[Li+].[Li+].[Li+].[Li+].[Li+].[Li+].[Li+].[Li+].[Li+].[Li+].[Li+].[O-][Si]([O-])([O-])F.[O-][Si]([O-])([O-])F.[O-][Si]([O-])([O-])F.[O-][Si]([O-])([O-])F.[O-][Si]([O-])([O-])F. The first kappa shape index (κ1) is 134. The van der Waals surface area contributed by atoms with Gasteiger partial charge in [-0.1, -0.05) is 45.7 Å². The normalized spacial score (nSPS) is 7.50. The molecule has 0 aliphatic heterocycles. The second kappa shape index (κ2) is 69.8. The smallest absolute Gasteiger partial charge is 0.857 e. The van der Waals surface area contributed by atoms with Gasteiger partial charge in [0, 0.05) is 0 Å². The van der Waals surface area contributed by atoms with Gasteiger partial charge in [-0.15, -0.1) is 0 Å². The van der Waals surface area contributed by atoms with Crippen molar-refractivity contribution in [3.8, 4) is 0 Å². The quantitative estimate of drug-likeness (QED) is 0.146. The molecule has 0 saturated carbocycles. The minimum absolute atomic E-state index is 0. The van der Waals surface area contributed by atoms with Crippen LogP contribution in [-0.4, -0.2) is 45.7 Å². The maximum Gasteiger partial charge on any atom is 1.00 e. The summed E-state index contributed by atoms with van der Waals surface area (Å²) in [6.45, 7) is 0. The van der Waals surface area contributed by atoms with Gasteiger partial charge in [0.1, 0.15) is 0 Å². The Morgan fingerprint density at radius 3 is 0.175 bits per heavy atom. The number of hydrogen-bond donors (Lipinski definition) is 0. The Kier molecular flexibility index (Phi) is 234. The minimum atomic E-state index is -5.86. The van der Waals surface area contributed by atoms with Gasteiger partial charge in [-0.2, -0.15) is 0 Å². The van der Waals surface area contributed by atoms with Crippen LogP contribution in [0.1, 0.15) is 0 Å². The van der Waals surface area contributed by atoms with E-state index in [2.05, 4.69) is 0 Å². The van der Waals surface area contributed by atoms with Crippen molar-refractivity contribution in [3.05, 3.63) is 0 Å². The van der Waals surface area contributed by atoms with Crippen LogP contribution in [0.15, 0.2) is 0 Å². The van der Waals surface area contributed by atoms with E-state index in [4.69, 9.17) is 71.9 Å². The van der Waals surface area contributed by atoms with Crippen molar-refractivity contribution in [2.75, 3.05) is 0 Å². The molecule has 160 valence electrons. The minimum Gasteiger partial charge on any atom is -0.857 e. The summed E-state index contributed by atoms with van der Waals surface area (Å²) in [7, 11) is -29.3. The molecule has 0 rings (SSSR count). The van der Waals surface area contributed by atoms with Crippen molar-refractivity contribution in [2.24, 2.45) is 0 Å². The molecule has 0 aliphatic carbocycles. The second-order valence-electron chi connectivity index (χ2n) is 2.41. The third kappa shape index (κ3) is 1210. The Hall–Kier alpha value is 9.10. The standard InChI is InChI=1S/5FO3Si.15Li/c5*1-5(2,3)4;;;;;;;;;;;;;;;/q5*-3;15*+1.